The maximum atomic E-state index is 13.9. The zero-order valence-electron chi connectivity index (χ0n) is 11.3. The van der Waals surface area contributed by atoms with E-state index in [-0.39, 0.29) is 11.9 Å². The lowest BCUT2D eigenvalue weighted by Gasteiger charge is -2.20. The van der Waals surface area contributed by atoms with Gasteiger partial charge in [-0.25, -0.2) is 4.39 Å². The molecule has 0 aliphatic heterocycles. The van der Waals surface area contributed by atoms with E-state index < -0.39 is 0 Å². The fourth-order valence-electron chi connectivity index (χ4n) is 2.42. The van der Waals surface area contributed by atoms with E-state index in [1.807, 2.05) is 6.07 Å². The van der Waals surface area contributed by atoms with Crippen LogP contribution in [0.4, 0.5) is 4.39 Å². The fraction of sp³-hybridized carbons (Fsp3) is 0.600. The Morgan fingerprint density at radius 1 is 1.18 bits per heavy atom. The number of halogens is 1. The first-order valence-electron chi connectivity index (χ1n) is 6.42. The highest BCUT2D eigenvalue weighted by Gasteiger charge is 2.16. The molecule has 0 amide bonds. The minimum atomic E-state index is -0.191. The number of benzene rings is 1. The molecule has 0 spiro atoms. The first kappa shape index (κ1) is 14.2. The zero-order valence-corrected chi connectivity index (χ0v) is 11.3. The smallest absolute Gasteiger partial charge is 0.130 e. The van der Waals surface area contributed by atoms with E-state index in [1.165, 1.54) is 0 Å². The Balaban J connectivity index is 2.69. The molecule has 2 N–H and O–H groups in total. The summed E-state index contributed by atoms with van der Waals surface area (Å²) < 4.78 is 13.9. The van der Waals surface area contributed by atoms with E-state index in [2.05, 4.69) is 20.8 Å². The second-order valence-corrected chi connectivity index (χ2v) is 5.56. The number of nitrogens with two attached hydrogens (primary N) is 1. The second kappa shape index (κ2) is 6.15. The van der Waals surface area contributed by atoms with E-state index >= 15 is 0 Å². The van der Waals surface area contributed by atoms with Crippen LogP contribution in [0, 0.1) is 24.6 Å². The lowest BCUT2D eigenvalue weighted by Crippen LogP contribution is -2.17. The van der Waals surface area contributed by atoms with Gasteiger partial charge in [-0.1, -0.05) is 39.0 Å². The van der Waals surface area contributed by atoms with Crippen LogP contribution in [-0.2, 0) is 0 Å². The highest BCUT2D eigenvalue weighted by molar-refractivity contribution is 5.27. The molecular formula is C15H24FN. The summed E-state index contributed by atoms with van der Waals surface area (Å²) in [5.74, 6) is 1.06. The summed E-state index contributed by atoms with van der Waals surface area (Å²) in [5, 5.41) is 0. The summed E-state index contributed by atoms with van der Waals surface area (Å²) in [5.41, 5.74) is 7.43. The Kier molecular flexibility index (Phi) is 5.13. The Hall–Kier alpha value is -0.890. The molecule has 1 aromatic rings. The van der Waals surface area contributed by atoms with Crippen LogP contribution in [0.15, 0.2) is 18.2 Å². The summed E-state index contributed by atoms with van der Waals surface area (Å²) in [7, 11) is 0. The van der Waals surface area contributed by atoms with Crippen LogP contribution in [0.25, 0.3) is 0 Å². The van der Waals surface area contributed by atoms with Crippen LogP contribution >= 0.6 is 0 Å². The van der Waals surface area contributed by atoms with Crippen molar-refractivity contribution in [1.82, 2.24) is 0 Å². The summed E-state index contributed by atoms with van der Waals surface area (Å²) in [6, 6.07) is 5.27. The van der Waals surface area contributed by atoms with Crippen molar-refractivity contribution >= 4 is 0 Å². The second-order valence-electron chi connectivity index (χ2n) is 5.56. The molecule has 2 heteroatoms. The molecule has 96 valence electrons. The molecule has 0 saturated carbocycles. The highest BCUT2D eigenvalue weighted by Crippen LogP contribution is 2.26. The molecule has 0 aromatic heterocycles. The van der Waals surface area contributed by atoms with Crippen molar-refractivity contribution in [2.45, 2.75) is 46.6 Å². The molecule has 0 bridgehead atoms. The number of hydrogen-bond acceptors (Lipinski definition) is 1. The van der Waals surface area contributed by atoms with Gasteiger partial charge in [0, 0.05) is 11.6 Å². The first-order valence-corrected chi connectivity index (χ1v) is 6.42. The molecule has 0 heterocycles. The molecule has 1 aromatic carbocycles. The molecule has 0 aliphatic carbocycles. The first-order chi connectivity index (χ1) is 7.91. The van der Waals surface area contributed by atoms with Gasteiger partial charge in [-0.15, -0.1) is 0 Å². The van der Waals surface area contributed by atoms with E-state index in [4.69, 9.17) is 5.73 Å². The van der Waals surface area contributed by atoms with Gasteiger partial charge in [-0.3, -0.25) is 0 Å². The average Bonchev–Trinajstić information content (AvgIpc) is 2.20. The van der Waals surface area contributed by atoms with E-state index in [0.717, 1.165) is 12.8 Å². The predicted molar refractivity (Wildman–Crippen MR) is 71.3 cm³/mol. The third kappa shape index (κ3) is 4.12. The van der Waals surface area contributed by atoms with Gasteiger partial charge < -0.3 is 5.73 Å². The Labute approximate surface area is 104 Å². The Bertz CT molecular complexity index is 360. The molecule has 0 saturated heterocycles. The molecular weight excluding hydrogens is 213 g/mol. The zero-order chi connectivity index (χ0) is 13.0. The topological polar surface area (TPSA) is 26.0 Å². The van der Waals surface area contributed by atoms with Gasteiger partial charge in [0.25, 0.3) is 0 Å². The van der Waals surface area contributed by atoms with Gasteiger partial charge >= 0.3 is 0 Å². The lowest BCUT2D eigenvalue weighted by molar-refractivity contribution is 0.383. The van der Waals surface area contributed by atoms with E-state index in [9.17, 15) is 4.39 Å². The molecule has 2 unspecified atom stereocenters. The molecule has 17 heavy (non-hydrogen) atoms. The standard InChI is InChI=1S/C15H24FN/c1-10(2)8-11(3)9-14(17)13-7-5-6-12(4)15(13)16/h5-7,10-11,14H,8-9,17H2,1-4H3. The quantitative estimate of drug-likeness (QED) is 0.815. The molecule has 1 rings (SSSR count). The molecule has 0 radical (unpaired) electrons. The summed E-state index contributed by atoms with van der Waals surface area (Å²) >= 11 is 0. The van der Waals surface area contributed by atoms with Crippen molar-refractivity contribution in [3.63, 3.8) is 0 Å². The Morgan fingerprint density at radius 2 is 1.82 bits per heavy atom. The van der Waals surface area contributed by atoms with Gasteiger partial charge in [-0.2, -0.15) is 0 Å². The SMILES string of the molecule is Cc1cccc(C(N)CC(C)CC(C)C)c1F. The van der Waals surface area contributed by atoms with Gasteiger partial charge in [0.05, 0.1) is 0 Å². The number of aryl methyl sites for hydroxylation is 1. The largest absolute Gasteiger partial charge is 0.324 e. The van der Waals surface area contributed by atoms with Gasteiger partial charge in [0.2, 0.25) is 0 Å². The monoisotopic (exact) mass is 237 g/mol. The van der Waals surface area contributed by atoms with Gasteiger partial charge in [0.1, 0.15) is 5.82 Å². The van der Waals surface area contributed by atoms with Crippen molar-refractivity contribution in [1.29, 1.82) is 0 Å². The summed E-state index contributed by atoms with van der Waals surface area (Å²) in [6.45, 7) is 8.38. The maximum absolute atomic E-state index is 13.9. The van der Waals surface area contributed by atoms with E-state index in [1.54, 1.807) is 19.1 Å². The molecule has 1 nitrogen and oxygen atoms in total. The molecule has 2 atom stereocenters. The van der Waals surface area contributed by atoms with Gasteiger partial charge in [0.15, 0.2) is 0 Å². The van der Waals surface area contributed by atoms with Crippen molar-refractivity contribution in [3.05, 3.63) is 35.1 Å². The minimum Gasteiger partial charge on any atom is -0.324 e. The normalized spacial score (nSPS) is 15.0. The van der Waals surface area contributed by atoms with Crippen LogP contribution in [-0.4, -0.2) is 0 Å². The molecule has 0 fully saturated rings. The van der Waals surface area contributed by atoms with Crippen LogP contribution < -0.4 is 5.73 Å². The third-order valence-electron chi connectivity index (χ3n) is 3.15. The fourth-order valence-corrected chi connectivity index (χ4v) is 2.42. The van der Waals surface area contributed by atoms with Crippen molar-refractivity contribution < 1.29 is 4.39 Å². The van der Waals surface area contributed by atoms with Crippen molar-refractivity contribution in [3.8, 4) is 0 Å². The average molecular weight is 237 g/mol. The van der Waals surface area contributed by atoms with Crippen molar-refractivity contribution in [2.75, 3.05) is 0 Å². The van der Waals surface area contributed by atoms with Crippen molar-refractivity contribution in [2.24, 2.45) is 17.6 Å². The van der Waals surface area contributed by atoms with Crippen LogP contribution in [0.5, 0.6) is 0 Å². The summed E-state index contributed by atoms with van der Waals surface area (Å²) in [4.78, 5) is 0. The maximum Gasteiger partial charge on any atom is 0.130 e. The highest BCUT2D eigenvalue weighted by atomic mass is 19.1. The van der Waals surface area contributed by atoms with E-state index in [0.29, 0.717) is 23.0 Å². The predicted octanol–water partition coefficient (Wildman–Crippen LogP) is 4.21. The van der Waals surface area contributed by atoms with Crippen LogP contribution in [0.3, 0.4) is 0 Å². The molecule has 0 aliphatic rings. The van der Waals surface area contributed by atoms with Gasteiger partial charge in [-0.05, 0) is 37.2 Å². The lowest BCUT2D eigenvalue weighted by atomic mass is 9.90. The van der Waals surface area contributed by atoms with Crippen LogP contribution in [0.2, 0.25) is 0 Å². The summed E-state index contributed by atoms with van der Waals surface area (Å²) in [6.07, 6.45) is 1.99. The number of rotatable bonds is 5. The minimum absolute atomic E-state index is 0.142. The Morgan fingerprint density at radius 3 is 2.41 bits per heavy atom. The number of hydrogen-bond donors (Lipinski definition) is 1. The third-order valence-corrected chi connectivity index (χ3v) is 3.15. The van der Waals surface area contributed by atoms with Crippen LogP contribution in [0.1, 0.15) is 50.8 Å².